The highest BCUT2D eigenvalue weighted by molar-refractivity contribution is 5.35. The van der Waals surface area contributed by atoms with Crippen molar-refractivity contribution in [3.05, 3.63) is 29.3 Å². The Kier molecular flexibility index (Phi) is 3.87. The minimum absolute atomic E-state index is 0.419. The highest BCUT2D eigenvalue weighted by Gasteiger charge is 2.15. The van der Waals surface area contributed by atoms with Crippen LogP contribution in [0.25, 0.3) is 0 Å². The molecule has 0 aromatic heterocycles. The van der Waals surface area contributed by atoms with Gasteiger partial charge in [0.1, 0.15) is 5.75 Å². The van der Waals surface area contributed by atoms with E-state index in [1.807, 2.05) is 12.1 Å². The van der Waals surface area contributed by atoms with Crippen LogP contribution in [0.5, 0.6) is 5.75 Å². The number of phenols is 1. The Balaban J connectivity index is 2.09. The minimum atomic E-state index is 0.419. The van der Waals surface area contributed by atoms with Gasteiger partial charge in [0.15, 0.2) is 0 Å². The number of phenolic OH excluding ortho intramolecular Hbond substituents is 1. The molecule has 1 N–H and O–H groups in total. The van der Waals surface area contributed by atoms with Crippen LogP contribution in [-0.2, 0) is 12.8 Å². The maximum absolute atomic E-state index is 9.56. The maximum atomic E-state index is 9.56. The summed E-state index contributed by atoms with van der Waals surface area (Å²) in [6.07, 6.45) is 9.19. The standard InChI is InChI=1S/C15H22O/c1-2-13-8-9-15(16)11-14(13)10-12-6-4-3-5-7-12/h8-9,11-12,16H,2-7,10H2,1H3. The summed E-state index contributed by atoms with van der Waals surface area (Å²) in [5.74, 6) is 1.27. The summed E-state index contributed by atoms with van der Waals surface area (Å²) >= 11 is 0. The molecular weight excluding hydrogens is 196 g/mol. The van der Waals surface area contributed by atoms with Gasteiger partial charge in [0.25, 0.3) is 0 Å². The monoisotopic (exact) mass is 218 g/mol. The third-order valence-electron chi connectivity index (χ3n) is 3.80. The van der Waals surface area contributed by atoms with Crippen molar-refractivity contribution in [2.75, 3.05) is 0 Å². The Bertz CT molecular complexity index is 337. The molecule has 0 aliphatic heterocycles. The molecule has 1 aromatic rings. The Morgan fingerprint density at radius 2 is 1.88 bits per heavy atom. The maximum Gasteiger partial charge on any atom is 0.115 e. The van der Waals surface area contributed by atoms with E-state index >= 15 is 0 Å². The largest absolute Gasteiger partial charge is 0.508 e. The predicted molar refractivity (Wildman–Crippen MR) is 67.8 cm³/mol. The van der Waals surface area contributed by atoms with Crippen LogP contribution < -0.4 is 0 Å². The first-order chi connectivity index (χ1) is 7.79. The van der Waals surface area contributed by atoms with Gasteiger partial charge in [0.05, 0.1) is 0 Å². The van der Waals surface area contributed by atoms with Crippen LogP contribution in [0.3, 0.4) is 0 Å². The third-order valence-corrected chi connectivity index (χ3v) is 3.80. The zero-order chi connectivity index (χ0) is 11.4. The van der Waals surface area contributed by atoms with Gasteiger partial charge < -0.3 is 5.11 Å². The lowest BCUT2D eigenvalue weighted by Gasteiger charge is -2.22. The summed E-state index contributed by atoms with van der Waals surface area (Å²) in [6.45, 7) is 2.19. The van der Waals surface area contributed by atoms with Crippen molar-refractivity contribution in [1.29, 1.82) is 0 Å². The van der Waals surface area contributed by atoms with Gasteiger partial charge in [-0.3, -0.25) is 0 Å². The lowest BCUT2D eigenvalue weighted by atomic mass is 9.83. The lowest BCUT2D eigenvalue weighted by Crippen LogP contribution is -2.10. The van der Waals surface area contributed by atoms with Gasteiger partial charge in [-0.25, -0.2) is 0 Å². The van der Waals surface area contributed by atoms with Crippen molar-refractivity contribution in [2.24, 2.45) is 5.92 Å². The normalized spacial score (nSPS) is 17.6. The first-order valence-electron chi connectivity index (χ1n) is 6.60. The summed E-state index contributed by atoms with van der Waals surface area (Å²) in [4.78, 5) is 0. The Labute approximate surface area is 98.5 Å². The van der Waals surface area contributed by atoms with Crippen LogP contribution in [0.1, 0.15) is 50.2 Å². The fourth-order valence-corrected chi connectivity index (χ4v) is 2.85. The summed E-state index contributed by atoms with van der Waals surface area (Å²) in [6, 6.07) is 5.85. The summed E-state index contributed by atoms with van der Waals surface area (Å²) in [7, 11) is 0. The highest BCUT2D eigenvalue weighted by atomic mass is 16.3. The first kappa shape index (κ1) is 11.5. The molecule has 0 spiro atoms. The molecule has 0 saturated heterocycles. The van der Waals surface area contributed by atoms with Crippen molar-refractivity contribution >= 4 is 0 Å². The van der Waals surface area contributed by atoms with Gasteiger partial charge in [-0.2, -0.15) is 0 Å². The van der Waals surface area contributed by atoms with E-state index in [-0.39, 0.29) is 0 Å². The van der Waals surface area contributed by atoms with Gasteiger partial charge in [0, 0.05) is 0 Å². The molecule has 1 fully saturated rings. The molecule has 0 unspecified atom stereocenters. The molecule has 16 heavy (non-hydrogen) atoms. The molecule has 88 valence electrons. The van der Waals surface area contributed by atoms with E-state index in [0.717, 1.165) is 18.8 Å². The molecule has 0 atom stereocenters. The number of aryl methyl sites for hydroxylation is 1. The zero-order valence-electron chi connectivity index (χ0n) is 10.2. The van der Waals surface area contributed by atoms with Crippen LogP contribution in [0.2, 0.25) is 0 Å². The van der Waals surface area contributed by atoms with E-state index in [0.29, 0.717) is 5.75 Å². The molecular formula is C15H22O. The zero-order valence-corrected chi connectivity index (χ0v) is 10.2. The molecule has 1 saturated carbocycles. The van der Waals surface area contributed by atoms with Gasteiger partial charge in [0.2, 0.25) is 0 Å². The average Bonchev–Trinajstić information content (AvgIpc) is 2.31. The minimum Gasteiger partial charge on any atom is -0.508 e. The van der Waals surface area contributed by atoms with Crippen molar-refractivity contribution < 1.29 is 5.11 Å². The quantitative estimate of drug-likeness (QED) is 0.810. The molecule has 0 heterocycles. The molecule has 1 aliphatic rings. The molecule has 0 radical (unpaired) electrons. The number of hydrogen-bond acceptors (Lipinski definition) is 1. The first-order valence-corrected chi connectivity index (χ1v) is 6.60. The smallest absolute Gasteiger partial charge is 0.115 e. The summed E-state index contributed by atoms with van der Waals surface area (Å²) in [5, 5.41) is 9.56. The highest BCUT2D eigenvalue weighted by Crippen LogP contribution is 2.29. The number of rotatable bonds is 3. The fourth-order valence-electron chi connectivity index (χ4n) is 2.85. The van der Waals surface area contributed by atoms with E-state index in [9.17, 15) is 5.11 Å². The van der Waals surface area contributed by atoms with Gasteiger partial charge in [-0.15, -0.1) is 0 Å². The van der Waals surface area contributed by atoms with Crippen molar-refractivity contribution in [1.82, 2.24) is 0 Å². The molecule has 0 amide bonds. The Morgan fingerprint density at radius 3 is 2.56 bits per heavy atom. The van der Waals surface area contributed by atoms with Gasteiger partial charge in [-0.05, 0) is 42.0 Å². The summed E-state index contributed by atoms with van der Waals surface area (Å²) in [5.41, 5.74) is 2.78. The number of benzene rings is 1. The van der Waals surface area contributed by atoms with Crippen LogP contribution in [0.4, 0.5) is 0 Å². The van der Waals surface area contributed by atoms with E-state index in [1.54, 1.807) is 0 Å². The second kappa shape index (κ2) is 5.38. The molecule has 2 rings (SSSR count). The predicted octanol–water partition coefficient (Wildman–Crippen LogP) is 4.08. The Hall–Kier alpha value is -0.980. The number of hydrogen-bond donors (Lipinski definition) is 1. The molecule has 1 heteroatoms. The molecule has 1 nitrogen and oxygen atoms in total. The van der Waals surface area contributed by atoms with Crippen LogP contribution in [-0.4, -0.2) is 5.11 Å². The molecule has 1 aromatic carbocycles. The van der Waals surface area contributed by atoms with Crippen molar-refractivity contribution in [3.8, 4) is 5.75 Å². The third kappa shape index (κ3) is 2.78. The van der Waals surface area contributed by atoms with Gasteiger partial charge in [-0.1, -0.05) is 45.1 Å². The van der Waals surface area contributed by atoms with Crippen molar-refractivity contribution in [2.45, 2.75) is 51.9 Å². The Morgan fingerprint density at radius 1 is 1.12 bits per heavy atom. The fraction of sp³-hybridized carbons (Fsp3) is 0.600. The van der Waals surface area contributed by atoms with E-state index in [1.165, 1.54) is 43.2 Å². The van der Waals surface area contributed by atoms with Crippen LogP contribution in [0.15, 0.2) is 18.2 Å². The second-order valence-electron chi connectivity index (χ2n) is 5.01. The van der Waals surface area contributed by atoms with E-state index < -0.39 is 0 Å². The molecule has 0 bridgehead atoms. The van der Waals surface area contributed by atoms with E-state index in [4.69, 9.17) is 0 Å². The number of aromatic hydroxyl groups is 1. The van der Waals surface area contributed by atoms with Gasteiger partial charge >= 0.3 is 0 Å². The van der Waals surface area contributed by atoms with Crippen LogP contribution >= 0.6 is 0 Å². The van der Waals surface area contributed by atoms with Crippen LogP contribution in [0, 0.1) is 5.92 Å². The average molecular weight is 218 g/mol. The van der Waals surface area contributed by atoms with E-state index in [2.05, 4.69) is 13.0 Å². The lowest BCUT2D eigenvalue weighted by molar-refractivity contribution is 0.355. The summed E-state index contributed by atoms with van der Waals surface area (Å²) < 4.78 is 0. The SMILES string of the molecule is CCc1ccc(O)cc1CC1CCCCC1. The molecule has 1 aliphatic carbocycles. The second-order valence-corrected chi connectivity index (χ2v) is 5.01. The van der Waals surface area contributed by atoms with Crippen molar-refractivity contribution in [3.63, 3.8) is 0 Å². The topological polar surface area (TPSA) is 20.2 Å².